The molecule has 0 radical (unpaired) electrons. The Bertz CT molecular complexity index is 756. The summed E-state index contributed by atoms with van der Waals surface area (Å²) in [5, 5.41) is 19.8. The second-order valence-electron chi connectivity index (χ2n) is 4.96. The maximum atomic E-state index is 10.9. The van der Waals surface area contributed by atoms with Gasteiger partial charge < -0.3 is 4.90 Å². The Morgan fingerprint density at radius 3 is 2.23 bits per heavy atom. The first kappa shape index (κ1) is 15.3. The fraction of sp³-hybridized carbons (Fsp3) is 0.118. The number of nitro benzene ring substituents is 1. The van der Waals surface area contributed by atoms with Gasteiger partial charge in [0.05, 0.1) is 4.92 Å². The van der Waals surface area contributed by atoms with Gasteiger partial charge in [-0.1, -0.05) is 30.4 Å². The Morgan fingerprint density at radius 2 is 1.68 bits per heavy atom. The molecule has 22 heavy (non-hydrogen) atoms. The van der Waals surface area contributed by atoms with Crippen molar-refractivity contribution in [2.75, 3.05) is 19.0 Å². The van der Waals surface area contributed by atoms with Crippen LogP contribution < -0.4 is 4.90 Å². The molecule has 0 unspecified atom stereocenters. The van der Waals surface area contributed by atoms with Crippen LogP contribution >= 0.6 is 0 Å². The van der Waals surface area contributed by atoms with Gasteiger partial charge in [-0.15, -0.1) is 0 Å². The van der Waals surface area contributed by atoms with E-state index < -0.39 is 4.92 Å². The van der Waals surface area contributed by atoms with E-state index in [-0.39, 0.29) is 11.3 Å². The molecule has 5 nitrogen and oxygen atoms in total. The molecule has 2 aromatic rings. The van der Waals surface area contributed by atoms with E-state index in [0.29, 0.717) is 5.56 Å². The zero-order chi connectivity index (χ0) is 16.1. The van der Waals surface area contributed by atoms with Gasteiger partial charge in [0, 0.05) is 25.8 Å². The maximum absolute atomic E-state index is 10.9. The van der Waals surface area contributed by atoms with E-state index in [2.05, 4.69) is 0 Å². The zero-order valence-electron chi connectivity index (χ0n) is 12.4. The van der Waals surface area contributed by atoms with Gasteiger partial charge in [-0.2, -0.15) is 5.26 Å². The van der Waals surface area contributed by atoms with E-state index in [1.165, 1.54) is 12.1 Å². The minimum absolute atomic E-state index is 0.0671. The lowest BCUT2D eigenvalue weighted by Crippen LogP contribution is -2.07. The van der Waals surface area contributed by atoms with Crippen molar-refractivity contribution < 1.29 is 4.92 Å². The largest absolute Gasteiger partial charge is 0.378 e. The monoisotopic (exact) mass is 293 g/mol. The van der Waals surface area contributed by atoms with Gasteiger partial charge in [0.1, 0.15) is 11.6 Å². The quantitative estimate of drug-likeness (QED) is 0.489. The summed E-state index contributed by atoms with van der Waals surface area (Å²) < 4.78 is 0. The summed E-state index contributed by atoms with van der Waals surface area (Å²) in [6.07, 6.45) is 3.67. The molecule has 2 aromatic carbocycles. The van der Waals surface area contributed by atoms with Crippen molar-refractivity contribution in [3.05, 3.63) is 69.3 Å². The minimum atomic E-state index is -0.540. The summed E-state index contributed by atoms with van der Waals surface area (Å²) in [4.78, 5) is 12.4. The van der Waals surface area contributed by atoms with Gasteiger partial charge in [-0.25, -0.2) is 0 Å². The standard InChI is InChI=1S/C17H15N3O2/c1-19(2)16-9-6-13(7-10-16)3-4-14-5-8-15(12-18)17(11-14)20(21)22/h3-11H,1-2H3/b4-3+. The van der Waals surface area contributed by atoms with E-state index in [1.54, 1.807) is 12.1 Å². The molecule has 0 aromatic heterocycles. The molecule has 0 bridgehead atoms. The molecule has 0 aliphatic carbocycles. The molecule has 0 saturated heterocycles. The van der Waals surface area contributed by atoms with Crippen LogP contribution in [0.3, 0.4) is 0 Å². The van der Waals surface area contributed by atoms with E-state index in [0.717, 1.165) is 11.3 Å². The molecular formula is C17H15N3O2. The predicted octanol–water partition coefficient (Wildman–Crippen LogP) is 3.70. The van der Waals surface area contributed by atoms with Gasteiger partial charge in [-0.3, -0.25) is 10.1 Å². The molecule has 0 aliphatic rings. The highest BCUT2D eigenvalue weighted by Crippen LogP contribution is 2.21. The van der Waals surface area contributed by atoms with Crippen LogP contribution in [0, 0.1) is 21.4 Å². The molecule has 2 rings (SSSR count). The molecule has 0 fully saturated rings. The normalized spacial score (nSPS) is 10.4. The molecule has 0 saturated carbocycles. The van der Waals surface area contributed by atoms with Crippen LogP contribution in [0.25, 0.3) is 12.2 Å². The SMILES string of the molecule is CN(C)c1ccc(/C=C/c2ccc(C#N)c([N+](=O)[O-])c2)cc1. The highest BCUT2D eigenvalue weighted by molar-refractivity contribution is 5.72. The van der Waals surface area contributed by atoms with Crippen molar-refractivity contribution in [1.82, 2.24) is 0 Å². The van der Waals surface area contributed by atoms with E-state index in [1.807, 2.05) is 55.4 Å². The summed E-state index contributed by atoms with van der Waals surface area (Å²) in [6.45, 7) is 0. The molecule has 0 spiro atoms. The highest BCUT2D eigenvalue weighted by atomic mass is 16.6. The predicted molar refractivity (Wildman–Crippen MR) is 87.5 cm³/mol. The first-order valence-corrected chi connectivity index (χ1v) is 6.65. The number of hydrogen-bond acceptors (Lipinski definition) is 4. The van der Waals surface area contributed by atoms with E-state index >= 15 is 0 Å². The fourth-order valence-corrected chi connectivity index (χ4v) is 1.97. The van der Waals surface area contributed by atoms with Crippen molar-refractivity contribution in [1.29, 1.82) is 5.26 Å². The minimum Gasteiger partial charge on any atom is -0.378 e. The first-order valence-electron chi connectivity index (χ1n) is 6.65. The smallest absolute Gasteiger partial charge is 0.287 e. The molecule has 0 atom stereocenters. The third kappa shape index (κ3) is 3.49. The Kier molecular flexibility index (Phi) is 4.54. The molecular weight excluding hydrogens is 278 g/mol. The van der Waals surface area contributed by atoms with Crippen LogP contribution in [0.15, 0.2) is 42.5 Å². The number of nitriles is 1. The van der Waals surface area contributed by atoms with E-state index in [4.69, 9.17) is 5.26 Å². The Hall–Kier alpha value is -3.13. The molecule has 0 amide bonds. The average Bonchev–Trinajstić information content (AvgIpc) is 2.53. The van der Waals surface area contributed by atoms with Crippen LogP contribution in [-0.2, 0) is 0 Å². The number of rotatable bonds is 4. The molecule has 110 valence electrons. The van der Waals surface area contributed by atoms with Crippen LogP contribution in [0.1, 0.15) is 16.7 Å². The number of nitrogens with zero attached hydrogens (tertiary/aromatic N) is 3. The number of hydrogen-bond donors (Lipinski definition) is 0. The third-order valence-electron chi connectivity index (χ3n) is 3.22. The molecule has 0 heterocycles. The summed E-state index contributed by atoms with van der Waals surface area (Å²) in [5.74, 6) is 0. The van der Waals surface area contributed by atoms with Crippen LogP contribution in [0.5, 0.6) is 0 Å². The van der Waals surface area contributed by atoms with Gasteiger partial charge >= 0.3 is 0 Å². The van der Waals surface area contributed by atoms with Crippen molar-refractivity contribution >= 4 is 23.5 Å². The lowest BCUT2D eigenvalue weighted by atomic mass is 10.1. The summed E-state index contributed by atoms with van der Waals surface area (Å²) >= 11 is 0. The van der Waals surface area contributed by atoms with Gasteiger partial charge in [0.2, 0.25) is 0 Å². The molecule has 5 heteroatoms. The van der Waals surface area contributed by atoms with Crippen LogP contribution in [0.4, 0.5) is 11.4 Å². The average molecular weight is 293 g/mol. The van der Waals surface area contributed by atoms with Crippen molar-refractivity contribution in [3.63, 3.8) is 0 Å². The molecule has 0 aliphatic heterocycles. The Balaban J connectivity index is 2.25. The van der Waals surface area contributed by atoms with Crippen LogP contribution in [0.2, 0.25) is 0 Å². The zero-order valence-corrected chi connectivity index (χ0v) is 12.4. The van der Waals surface area contributed by atoms with Crippen LogP contribution in [-0.4, -0.2) is 19.0 Å². The maximum Gasteiger partial charge on any atom is 0.287 e. The number of anilines is 1. The topological polar surface area (TPSA) is 70.2 Å². The first-order chi connectivity index (χ1) is 10.5. The second-order valence-corrected chi connectivity index (χ2v) is 4.96. The van der Waals surface area contributed by atoms with Crippen molar-refractivity contribution in [2.24, 2.45) is 0 Å². The summed E-state index contributed by atoms with van der Waals surface area (Å²) in [6, 6.07) is 14.3. The Morgan fingerprint density at radius 1 is 1.09 bits per heavy atom. The van der Waals surface area contributed by atoms with Gasteiger partial charge in [0.15, 0.2) is 0 Å². The lowest BCUT2D eigenvalue weighted by molar-refractivity contribution is -0.385. The number of nitro groups is 1. The number of benzene rings is 2. The third-order valence-corrected chi connectivity index (χ3v) is 3.22. The Labute approximate surface area is 128 Å². The molecule has 0 N–H and O–H groups in total. The van der Waals surface area contributed by atoms with E-state index in [9.17, 15) is 10.1 Å². The summed E-state index contributed by atoms with van der Waals surface area (Å²) in [5.41, 5.74) is 2.68. The highest BCUT2D eigenvalue weighted by Gasteiger charge is 2.13. The van der Waals surface area contributed by atoms with Crippen molar-refractivity contribution in [3.8, 4) is 6.07 Å². The van der Waals surface area contributed by atoms with Gasteiger partial charge in [-0.05, 0) is 29.3 Å². The lowest BCUT2D eigenvalue weighted by Gasteiger charge is -2.11. The fourth-order valence-electron chi connectivity index (χ4n) is 1.97. The summed E-state index contributed by atoms with van der Waals surface area (Å²) in [7, 11) is 3.95. The van der Waals surface area contributed by atoms with Gasteiger partial charge in [0.25, 0.3) is 5.69 Å². The van der Waals surface area contributed by atoms with Crippen molar-refractivity contribution in [2.45, 2.75) is 0 Å². The second kappa shape index (κ2) is 6.55.